The average molecular weight is 488 g/mol. The molecule has 8 nitrogen and oxygen atoms in total. The summed E-state index contributed by atoms with van der Waals surface area (Å²) >= 11 is 1.15. The van der Waals surface area contributed by atoms with Crippen LogP contribution in [0.25, 0.3) is 16.6 Å². The number of aryl methyl sites for hydroxylation is 1. The number of para-hydroxylation sites is 2. The zero-order valence-electron chi connectivity index (χ0n) is 19.0. The predicted molar refractivity (Wildman–Crippen MR) is 134 cm³/mol. The Bertz CT molecular complexity index is 1550. The van der Waals surface area contributed by atoms with Crippen LogP contribution in [-0.2, 0) is 4.79 Å². The minimum absolute atomic E-state index is 0.0253. The molecule has 4 aromatic rings. The van der Waals surface area contributed by atoms with Crippen molar-refractivity contribution in [1.82, 2.24) is 9.55 Å². The van der Waals surface area contributed by atoms with Gasteiger partial charge in [-0.15, -0.1) is 0 Å². The van der Waals surface area contributed by atoms with Gasteiger partial charge in [-0.1, -0.05) is 42.1 Å². The van der Waals surface area contributed by atoms with E-state index in [1.165, 1.54) is 11.5 Å². The van der Waals surface area contributed by atoms with Crippen LogP contribution in [0, 0.1) is 6.92 Å². The maximum absolute atomic E-state index is 13.4. The molecule has 1 amide bonds. The van der Waals surface area contributed by atoms with Crippen LogP contribution in [0.3, 0.4) is 0 Å². The zero-order chi connectivity index (χ0) is 24.5. The van der Waals surface area contributed by atoms with Crippen molar-refractivity contribution in [3.05, 3.63) is 82.1 Å². The first-order valence-electron chi connectivity index (χ1n) is 10.9. The smallest absolute Gasteiger partial charge is 0.266 e. The monoisotopic (exact) mass is 487 g/mol. The molecule has 0 fully saturated rings. The number of nitrogens with one attached hydrogen (secondary N) is 1. The Kier molecular flexibility index (Phi) is 6.00. The Morgan fingerprint density at radius 3 is 2.54 bits per heavy atom. The molecule has 0 unspecified atom stereocenters. The number of benzene rings is 3. The molecular weight excluding hydrogens is 466 g/mol. The van der Waals surface area contributed by atoms with Crippen LogP contribution in [-0.4, -0.2) is 33.8 Å². The topological polar surface area (TPSA) is 99.5 Å². The van der Waals surface area contributed by atoms with Crippen LogP contribution in [0.1, 0.15) is 22.8 Å². The lowest BCUT2D eigenvalue weighted by atomic mass is 10.1. The van der Waals surface area contributed by atoms with Crippen molar-refractivity contribution in [2.24, 2.45) is 0 Å². The second-order valence-electron chi connectivity index (χ2n) is 7.98. The number of ketones is 1. The second kappa shape index (κ2) is 9.27. The third-order valence-electron chi connectivity index (χ3n) is 5.60. The molecule has 3 aromatic carbocycles. The normalized spacial score (nSPS) is 12.1. The summed E-state index contributed by atoms with van der Waals surface area (Å²) in [5, 5.41) is 3.68. The van der Waals surface area contributed by atoms with Gasteiger partial charge in [0, 0.05) is 11.6 Å². The van der Waals surface area contributed by atoms with Crippen LogP contribution in [0.2, 0.25) is 0 Å². The summed E-state index contributed by atoms with van der Waals surface area (Å²) in [6, 6.07) is 17.8. The zero-order valence-corrected chi connectivity index (χ0v) is 19.8. The predicted octanol–water partition coefficient (Wildman–Crippen LogP) is 4.36. The minimum atomic E-state index is -0.352. The molecule has 35 heavy (non-hydrogen) atoms. The maximum atomic E-state index is 13.4. The van der Waals surface area contributed by atoms with Crippen molar-refractivity contribution in [1.29, 1.82) is 0 Å². The number of ether oxygens (including phenoxy) is 2. The summed E-state index contributed by atoms with van der Waals surface area (Å²) in [6.07, 6.45) is 0. The summed E-state index contributed by atoms with van der Waals surface area (Å²) in [7, 11) is 0. The van der Waals surface area contributed by atoms with Crippen molar-refractivity contribution >= 4 is 40.0 Å². The molecule has 0 spiro atoms. The molecule has 0 atom stereocenters. The lowest BCUT2D eigenvalue weighted by molar-refractivity contribution is -0.113. The maximum Gasteiger partial charge on any atom is 0.266 e. The Morgan fingerprint density at radius 2 is 1.77 bits per heavy atom. The van der Waals surface area contributed by atoms with Gasteiger partial charge < -0.3 is 14.8 Å². The van der Waals surface area contributed by atoms with E-state index in [1.807, 2.05) is 37.3 Å². The molecule has 0 radical (unpaired) electrons. The SMILES string of the molecule is CC(=O)c1cc2c(cc1NC(=O)CSc1nc3ccccc3c(=O)n1-c1ccccc1C)OCO2. The van der Waals surface area contributed by atoms with Crippen molar-refractivity contribution in [3.8, 4) is 17.2 Å². The van der Waals surface area contributed by atoms with Gasteiger partial charge in [-0.2, -0.15) is 0 Å². The number of nitrogens with zero attached hydrogens (tertiary/aromatic N) is 2. The van der Waals surface area contributed by atoms with Crippen LogP contribution >= 0.6 is 11.8 Å². The number of hydrogen-bond donors (Lipinski definition) is 1. The quantitative estimate of drug-likeness (QED) is 0.245. The highest BCUT2D eigenvalue weighted by Crippen LogP contribution is 2.37. The highest BCUT2D eigenvalue weighted by Gasteiger charge is 2.21. The Labute approximate surface area is 204 Å². The van der Waals surface area contributed by atoms with Crippen LogP contribution in [0.15, 0.2) is 70.6 Å². The van der Waals surface area contributed by atoms with Crippen molar-refractivity contribution in [3.63, 3.8) is 0 Å². The number of fused-ring (bicyclic) bond motifs is 2. The van der Waals surface area contributed by atoms with Gasteiger partial charge in [-0.25, -0.2) is 4.98 Å². The summed E-state index contributed by atoms with van der Waals surface area (Å²) in [6.45, 7) is 3.40. The standard InChI is InChI=1S/C26H21N3O5S/c1-15-7-3-6-10-21(15)29-25(32)17-8-4-5-9-19(17)28-26(29)35-13-24(31)27-20-12-23-22(33-14-34-23)11-18(20)16(2)30/h3-12H,13-14H2,1-2H3,(H,27,31). The van der Waals surface area contributed by atoms with Gasteiger partial charge in [0.2, 0.25) is 12.7 Å². The van der Waals surface area contributed by atoms with Gasteiger partial charge in [0.05, 0.1) is 28.0 Å². The lowest BCUT2D eigenvalue weighted by Crippen LogP contribution is -2.23. The molecule has 1 aliphatic rings. The Morgan fingerprint density at radius 1 is 1.06 bits per heavy atom. The van der Waals surface area contributed by atoms with E-state index >= 15 is 0 Å². The van der Waals surface area contributed by atoms with Crippen LogP contribution in [0.4, 0.5) is 5.69 Å². The molecule has 0 saturated carbocycles. The molecule has 1 aliphatic heterocycles. The van der Waals surface area contributed by atoms with Gasteiger partial charge in [0.25, 0.3) is 5.56 Å². The van der Waals surface area contributed by atoms with E-state index in [-0.39, 0.29) is 29.8 Å². The van der Waals surface area contributed by atoms with E-state index in [4.69, 9.17) is 9.47 Å². The number of carbonyl (C=O) groups is 2. The summed E-state index contributed by atoms with van der Waals surface area (Å²) in [5.41, 5.74) is 2.63. The fourth-order valence-corrected chi connectivity index (χ4v) is 4.69. The highest BCUT2D eigenvalue weighted by atomic mass is 32.2. The molecule has 1 aromatic heterocycles. The van der Waals surface area contributed by atoms with E-state index < -0.39 is 0 Å². The third-order valence-corrected chi connectivity index (χ3v) is 6.54. The molecular formula is C26H21N3O5S. The number of anilines is 1. The number of carbonyl (C=O) groups excluding carboxylic acids is 2. The van der Waals surface area contributed by atoms with Crippen LogP contribution < -0.4 is 20.3 Å². The van der Waals surface area contributed by atoms with E-state index in [2.05, 4.69) is 10.3 Å². The van der Waals surface area contributed by atoms with Gasteiger partial charge in [-0.3, -0.25) is 19.0 Å². The largest absolute Gasteiger partial charge is 0.454 e. The number of hydrogen-bond acceptors (Lipinski definition) is 7. The Hall–Kier alpha value is -4.11. The van der Waals surface area contributed by atoms with E-state index in [9.17, 15) is 14.4 Å². The molecule has 2 heterocycles. The molecule has 0 saturated heterocycles. The fourth-order valence-electron chi connectivity index (χ4n) is 3.89. The number of amides is 1. The summed E-state index contributed by atoms with van der Waals surface area (Å²) in [5.74, 6) is 0.335. The van der Waals surface area contributed by atoms with Gasteiger partial charge in [-0.05, 0) is 43.7 Å². The molecule has 1 N–H and O–H groups in total. The summed E-state index contributed by atoms with van der Waals surface area (Å²) in [4.78, 5) is 43.1. The number of aromatic nitrogens is 2. The average Bonchev–Trinajstić information content (AvgIpc) is 3.30. The molecule has 0 aliphatic carbocycles. The first-order chi connectivity index (χ1) is 16.9. The van der Waals surface area contributed by atoms with Crippen LogP contribution in [0.5, 0.6) is 11.5 Å². The third kappa shape index (κ3) is 4.38. The van der Waals surface area contributed by atoms with E-state index in [0.717, 1.165) is 17.3 Å². The van der Waals surface area contributed by atoms with E-state index in [0.29, 0.717) is 44.5 Å². The minimum Gasteiger partial charge on any atom is -0.454 e. The number of rotatable bonds is 6. The van der Waals surface area contributed by atoms with E-state index in [1.54, 1.807) is 30.3 Å². The van der Waals surface area contributed by atoms with Gasteiger partial charge in [0.1, 0.15) is 0 Å². The van der Waals surface area contributed by atoms with Crippen molar-refractivity contribution < 1.29 is 19.1 Å². The first kappa shape index (κ1) is 22.7. The molecule has 0 bridgehead atoms. The first-order valence-corrected chi connectivity index (χ1v) is 11.9. The van der Waals surface area contributed by atoms with Crippen molar-refractivity contribution in [2.75, 3.05) is 17.9 Å². The highest BCUT2D eigenvalue weighted by molar-refractivity contribution is 7.99. The molecule has 9 heteroatoms. The number of Topliss-reactive ketones (excluding diaryl/α,β-unsaturated/α-hetero) is 1. The van der Waals surface area contributed by atoms with Gasteiger partial charge >= 0.3 is 0 Å². The molecule has 176 valence electrons. The Balaban J connectivity index is 1.46. The summed E-state index contributed by atoms with van der Waals surface area (Å²) < 4.78 is 12.2. The van der Waals surface area contributed by atoms with Gasteiger partial charge in [0.15, 0.2) is 22.4 Å². The van der Waals surface area contributed by atoms with Crippen molar-refractivity contribution in [2.45, 2.75) is 19.0 Å². The fraction of sp³-hybridized carbons (Fsp3) is 0.154. The second-order valence-corrected chi connectivity index (χ2v) is 8.93. The molecule has 5 rings (SSSR count). The lowest BCUT2D eigenvalue weighted by Gasteiger charge is -2.15. The number of thioether (sulfide) groups is 1.